The molecule has 0 bridgehead atoms. The molecule has 140 valence electrons. The van der Waals surface area contributed by atoms with E-state index in [-0.39, 0.29) is 12.4 Å². The van der Waals surface area contributed by atoms with E-state index in [1.165, 1.54) is 6.07 Å². The van der Waals surface area contributed by atoms with Crippen LogP contribution in [0.15, 0.2) is 60.8 Å². The van der Waals surface area contributed by atoms with E-state index in [1.807, 2.05) is 30.3 Å². The molecule has 0 atom stereocenters. The van der Waals surface area contributed by atoms with E-state index in [4.69, 9.17) is 14.6 Å². The summed E-state index contributed by atoms with van der Waals surface area (Å²) < 4.78 is 27.5. The molecule has 5 nitrogen and oxygen atoms in total. The van der Waals surface area contributed by atoms with Crippen LogP contribution >= 0.6 is 0 Å². The molecule has 5 rings (SSSR count). The number of aromatic nitrogens is 3. The molecular formula is C22H18FN3O2. The Kier molecular flexibility index (Phi) is 4.25. The monoisotopic (exact) mass is 375 g/mol. The van der Waals surface area contributed by atoms with E-state index in [0.29, 0.717) is 24.7 Å². The van der Waals surface area contributed by atoms with Gasteiger partial charge in [-0.05, 0) is 18.2 Å². The van der Waals surface area contributed by atoms with Crippen molar-refractivity contribution < 1.29 is 13.9 Å². The van der Waals surface area contributed by atoms with E-state index in [2.05, 4.69) is 4.98 Å². The van der Waals surface area contributed by atoms with Gasteiger partial charge in [-0.15, -0.1) is 0 Å². The zero-order valence-electron chi connectivity index (χ0n) is 15.1. The Morgan fingerprint density at radius 1 is 1.07 bits per heavy atom. The third-order valence-corrected chi connectivity index (χ3v) is 4.91. The first kappa shape index (κ1) is 16.9. The van der Waals surface area contributed by atoms with Crippen LogP contribution in [0.25, 0.3) is 16.6 Å². The number of halogens is 1. The van der Waals surface area contributed by atoms with Crippen LogP contribution in [0.5, 0.6) is 5.88 Å². The minimum absolute atomic E-state index is 0.105. The predicted octanol–water partition coefficient (Wildman–Crippen LogP) is 4.21. The summed E-state index contributed by atoms with van der Waals surface area (Å²) in [5.74, 6) is 0.256. The fourth-order valence-corrected chi connectivity index (χ4v) is 3.47. The second kappa shape index (κ2) is 7.05. The van der Waals surface area contributed by atoms with Crippen molar-refractivity contribution in [3.8, 4) is 11.6 Å². The topological polar surface area (TPSA) is 49.2 Å². The van der Waals surface area contributed by atoms with Gasteiger partial charge in [0.2, 0.25) is 5.88 Å². The van der Waals surface area contributed by atoms with Crippen molar-refractivity contribution in [2.24, 2.45) is 0 Å². The van der Waals surface area contributed by atoms with E-state index in [1.54, 1.807) is 29.1 Å². The molecule has 2 aromatic heterocycles. The molecule has 0 fully saturated rings. The quantitative estimate of drug-likeness (QED) is 0.536. The van der Waals surface area contributed by atoms with E-state index in [9.17, 15) is 4.39 Å². The minimum atomic E-state index is -0.290. The highest BCUT2D eigenvalue weighted by molar-refractivity contribution is 5.87. The predicted molar refractivity (Wildman–Crippen MR) is 103 cm³/mol. The second-order valence-corrected chi connectivity index (χ2v) is 6.68. The van der Waals surface area contributed by atoms with Crippen LogP contribution in [0, 0.1) is 5.82 Å². The SMILES string of the molecule is Fc1ccccc1COc1c2cnc3c(c2nn1-c1ccccc1)COCC3. The zero-order chi connectivity index (χ0) is 18.9. The van der Waals surface area contributed by atoms with Crippen molar-refractivity contribution in [1.29, 1.82) is 0 Å². The molecule has 28 heavy (non-hydrogen) atoms. The fraction of sp³-hybridized carbons (Fsp3) is 0.182. The average molecular weight is 375 g/mol. The summed E-state index contributed by atoms with van der Waals surface area (Å²) in [6, 6.07) is 16.4. The number of hydrogen-bond donors (Lipinski definition) is 0. The number of fused-ring (bicyclic) bond motifs is 3. The standard InChI is InChI=1S/C22H18FN3O2/c23-19-9-5-4-6-15(19)13-28-22-17-12-24-20-10-11-27-14-18(20)21(17)25-26(22)16-7-2-1-3-8-16/h1-9,12H,10-11,13-14H2. The van der Waals surface area contributed by atoms with Crippen molar-refractivity contribution in [3.63, 3.8) is 0 Å². The van der Waals surface area contributed by atoms with Crippen molar-refractivity contribution in [3.05, 3.63) is 83.4 Å². The van der Waals surface area contributed by atoms with E-state index >= 15 is 0 Å². The summed E-state index contributed by atoms with van der Waals surface area (Å²) in [5, 5.41) is 5.60. The van der Waals surface area contributed by atoms with Crippen LogP contribution in [-0.4, -0.2) is 21.4 Å². The maximum Gasteiger partial charge on any atom is 0.226 e. The molecule has 0 aliphatic carbocycles. The van der Waals surface area contributed by atoms with Gasteiger partial charge in [0.25, 0.3) is 0 Å². The number of benzene rings is 2. The summed E-state index contributed by atoms with van der Waals surface area (Å²) in [7, 11) is 0. The second-order valence-electron chi connectivity index (χ2n) is 6.68. The van der Waals surface area contributed by atoms with Crippen LogP contribution < -0.4 is 4.74 Å². The number of ether oxygens (including phenoxy) is 2. The highest BCUT2D eigenvalue weighted by atomic mass is 19.1. The molecule has 0 saturated carbocycles. The Morgan fingerprint density at radius 2 is 1.89 bits per heavy atom. The lowest BCUT2D eigenvalue weighted by Gasteiger charge is -2.15. The van der Waals surface area contributed by atoms with Gasteiger partial charge in [0.05, 0.1) is 30.0 Å². The molecule has 1 aliphatic heterocycles. The van der Waals surface area contributed by atoms with Crippen LogP contribution in [-0.2, 0) is 24.4 Å². The molecule has 0 amide bonds. The Bertz CT molecular complexity index is 1140. The molecule has 4 aromatic rings. The summed E-state index contributed by atoms with van der Waals surface area (Å²) >= 11 is 0. The summed E-state index contributed by atoms with van der Waals surface area (Å²) in [5.41, 5.74) is 4.18. The normalized spacial score (nSPS) is 13.5. The number of nitrogens with zero attached hydrogens (tertiary/aromatic N) is 3. The van der Waals surface area contributed by atoms with Crippen LogP contribution in [0.2, 0.25) is 0 Å². The van der Waals surface area contributed by atoms with Gasteiger partial charge in [-0.3, -0.25) is 4.98 Å². The largest absolute Gasteiger partial charge is 0.472 e. The minimum Gasteiger partial charge on any atom is -0.472 e. The molecule has 6 heteroatoms. The van der Waals surface area contributed by atoms with Gasteiger partial charge < -0.3 is 9.47 Å². The number of pyridine rings is 1. The first-order valence-corrected chi connectivity index (χ1v) is 9.20. The molecule has 0 radical (unpaired) electrons. The summed E-state index contributed by atoms with van der Waals surface area (Å²) in [4.78, 5) is 4.60. The number of rotatable bonds is 4. The maximum atomic E-state index is 14.0. The Hall–Kier alpha value is -3.25. The van der Waals surface area contributed by atoms with Gasteiger partial charge in [0.15, 0.2) is 0 Å². The molecule has 2 aromatic carbocycles. The smallest absolute Gasteiger partial charge is 0.226 e. The summed E-state index contributed by atoms with van der Waals surface area (Å²) in [6.45, 7) is 1.26. The van der Waals surface area contributed by atoms with Gasteiger partial charge in [0, 0.05) is 23.7 Å². The Balaban J connectivity index is 1.64. The molecule has 3 heterocycles. The van der Waals surface area contributed by atoms with Crippen molar-refractivity contribution in [2.45, 2.75) is 19.6 Å². The fourth-order valence-electron chi connectivity index (χ4n) is 3.47. The zero-order valence-corrected chi connectivity index (χ0v) is 15.1. The van der Waals surface area contributed by atoms with Crippen molar-refractivity contribution >= 4 is 10.9 Å². The van der Waals surface area contributed by atoms with Gasteiger partial charge in [-0.2, -0.15) is 9.78 Å². The van der Waals surface area contributed by atoms with Crippen LogP contribution in [0.1, 0.15) is 16.8 Å². The number of hydrogen-bond acceptors (Lipinski definition) is 4. The lowest BCUT2D eigenvalue weighted by atomic mass is 10.1. The third kappa shape index (κ3) is 2.92. The molecule has 0 unspecified atom stereocenters. The average Bonchev–Trinajstić information content (AvgIpc) is 3.13. The number of para-hydroxylation sites is 1. The van der Waals surface area contributed by atoms with Crippen LogP contribution in [0.3, 0.4) is 0 Å². The van der Waals surface area contributed by atoms with Gasteiger partial charge >= 0.3 is 0 Å². The highest BCUT2D eigenvalue weighted by Crippen LogP contribution is 2.33. The lowest BCUT2D eigenvalue weighted by molar-refractivity contribution is 0.110. The van der Waals surface area contributed by atoms with Crippen molar-refractivity contribution in [1.82, 2.24) is 14.8 Å². The van der Waals surface area contributed by atoms with Gasteiger partial charge in [0.1, 0.15) is 17.9 Å². The highest BCUT2D eigenvalue weighted by Gasteiger charge is 2.22. The first-order chi connectivity index (χ1) is 13.8. The molecule has 0 N–H and O–H groups in total. The molecular weight excluding hydrogens is 357 g/mol. The third-order valence-electron chi connectivity index (χ3n) is 4.91. The molecule has 1 aliphatic rings. The Labute approximate surface area is 161 Å². The lowest BCUT2D eigenvalue weighted by Crippen LogP contribution is -2.12. The first-order valence-electron chi connectivity index (χ1n) is 9.20. The summed E-state index contributed by atoms with van der Waals surface area (Å²) in [6.07, 6.45) is 2.57. The Morgan fingerprint density at radius 3 is 2.75 bits per heavy atom. The maximum absolute atomic E-state index is 14.0. The molecule has 0 spiro atoms. The van der Waals surface area contributed by atoms with Crippen molar-refractivity contribution in [2.75, 3.05) is 6.61 Å². The van der Waals surface area contributed by atoms with Gasteiger partial charge in [-0.1, -0.05) is 36.4 Å². The molecule has 0 saturated heterocycles. The van der Waals surface area contributed by atoms with Crippen LogP contribution in [0.4, 0.5) is 4.39 Å². The van der Waals surface area contributed by atoms with Gasteiger partial charge in [-0.25, -0.2) is 4.39 Å². The van der Waals surface area contributed by atoms with E-state index in [0.717, 1.165) is 34.3 Å². The van der Waals surface area contributed by atoms with E-state index < -0.39 is 0 Å².